The van der Waals surface area contributed by atoms with Gasteiger partial charge in [0.25, 0.3) is 0 Å². The fourth-order valence-electron chi connectivity index (χ4n) is 3.25. The number of benzene rings is 1. The van der Waals surface area contributed by atoms with E-state index in [1.807, 2.05) is 28.8 Å². The molecule has 2 aromatic rings. The summed E-state index contributed by atoms with van der Waals surface area (Å²) in [5.74, 6) is 0.809. The maximum absolute atomic E-state index is 12.2. The smallest absolute Gasteiger partial charge is 0.221 e. The maximum Gasteiger partial charge on any atom is 0.221 e. The summed E-state index contributed by atoms with van der Waals surface area (Å²) < 4.78 is 9.98. The summed E-state index contributed by atoms with van der Waals surface area (Å²) in [6.07, 6.45) is 4.65. The summed E-state index contributed by atoms with van der Waals surface area (Å²) in [5, 5.41) is 8.33. The number of halogens is 1. The quantitative estimate of drug-likeness (QED) is 0.614. The Morgan fingerprint density at radius 2 is 2.14 bits per heavy atom. The number of aromatic nitrogens is 3. The van der Waals surface area contributed by atoms with Crippen molar-refractivity contribution in [3.05, 3.63) is 34.1 Å². The summed E-state index contributed by atoms with van der Waals surface area (Å²) in [5.41, 5.74) is 0.966. The average Bonchev–Trinajstić information content (AvgIpc) is 3.32. The number of aryl methyl sites for hydroxylation is 1. The van der Waals surface area contributed by atoms with Crippen molar-refractivity contribution in [3.63, 3.8) is 0 Å². The van der Waals surface area contributed by atoms with Crippen LogP contribution in [0.3, 0.4) is 0 Å². The van der Waals surface area contributed by atoms with Gasteiger partial charge in [-0.3, -0.25) is 9.36 Å². The van der Waals surface area contributed by atoms with Crippen molar-refractivity contribution in [1.82, 2.24) is 19.7 Å². The maximum atomic E-state index is 12.2. The molecule has 1 aromatic carbocycles. The van der Waals surface area contributed by atoms with Crippen LogP contribution in [0, 0.1) is 4.77 Å². The molecule has 28 heavy (non-hydrogen) atoms. The van der Waals surface area contributed by atoms with Crippen molar-refractivity contribution in [2.24, 2.45) is 0 Å². The molecule has 1 amide bonds. The van der Waals surface area contributed by atoms with E-state index >= 15 is 0 Å². The van der Waals surface area contributed by atoms with E-state index in [-0.39, 0.29) is 12.0 Å². The van der Waals surface area contributed by atoms with Crippen LogP contribution in [0.5, 0.6) is 0 Å². The van der Waals surface area contributed by atoms with Gasteiger partial charge in [-0.1, -0.05) is 24.9 Å². The highest BCUT2D eigenvalue weighted by atomic mass is 35.5. The van der Waals surface area contributed by atoms with E-state index in [0.717, 1.165) is 50.2 Å². The van der Waals surface area contributed by atoms with Gasteiger partial charge in [0.2, 0.25) is 5.91 Å². The molecule has 3 rings (SSSR count). The first-order valence-electron chi connectivity index (χ1n) is 9.90. The Morgan fingerprint density at radius 3 is 2.82 bits per heavy atom. The molecule has 2 heterocycles. The van der Waals surface area contributed by atoms with Crippen molar-refractivity contribution in [3.8, 4) is 11.4 Å². The molecule has 1 N–H and O–H groups in total. The second kappa shape index (κ2) is 10.2. The fraction of sp³-hybridized carbons (Fsp3) is 0.550. The van der Waals surface area contributed by atoms with Gasteiger partial charge in [0, 0.05) is 36.7 Å². The molecule has 8 heteroatoms. The molecular weight excluding hydrogens is 396 g/mol. The van der Waals surface area contributed by atoms with Crippen LogP contribution in [0.2, 0.25) is 5.02 Å². The summed E-state index contributed by atoms with van der Waals surface area (Å²) in [7, 11) is 0. The molecule has 1 atom stereocenters. The monoisotopic (exact) mass is 422 g/mol. The molecule has 6 nitrogen and oxygen atoms in total. The highest BCUT2D eigenvalue weighted by molar-refractivity contribution is 7.71. The van der Waals surface area contributed by atoms with Crippen molar-refractivity contribution in [2.75, 3.05) is 13.2 Å². The first-order chi connectivity index (χ1) is 13.6. The number of unbranched alkanes of at least 4 members (excludes halogenated alkanes) is 1. The minimum absolute atomic E-state index is 0.00597. The van der Waals surface area contributed by atoms with E-state index in [1.165, 1.54) is 0 Å². The van der Waals surface area contributed by atoms with E-state index in [1.54, 1.807) is 4.68 Å². The molecule has 1 aliphatic heterocycles. The molecule has 1 aliphatic rings. The lowest BCUT2D eigenvalue weighted by atomic mass is 10.2. The first-order valence-corrected chi connectivity index (χ1v) is 10.7. The van der Waals surface area contributed by atoms with E-state index in [9.17, 15) is 4.79 Å². The fourth-order valence-corrected chi connectivity index (χ4v) is 3.68. The van der Waals surface area contributed by atoms with Crippen LogP contribution in [0.4, 0.5) is 0 Å². The molecule has 0 aliphatic carbocycles. The van der Waals surface area contributed by atoms with E-state index in [0.29, 0.717) is 29.3 Å². The topological polar surface area (TPSA) is 61.1 Å². The molecule has 0 saturated carbocycles. The minimum atomic E-state index is -0.00597. The zero-order chi connectivity index (χ0) is 19.9. The Hall–Kier alpha value is -1.70. The molecule has 1 fully saturated rings. The number of carbonyl (C=O) groups excluding carboxylic acids is 1. The molecule has 1 saturated heterocycles. The molecule has 0 spiro atoms. The SMILES string of the molecule is CCCCn1c(-c2ccc(Cl)cc2)nn(CCC(=O)NCC2CCCO2)c1=S. The Kier molecular flexibility index (Phi) is 7.65. The van der Waals surface area contributed by atoms with Crippen LogP contribution < -0.4 is 5.32 Å². The molecule has 1 aromatic heterocycles. The lowest BCUT2D eigenvalue weighted by molar-refractivity contribution is -0.121. The molecule has 0 bridgehead atoms. The number of nitrogens with one attached hydrogen (secondary N) is 1. The molecule has 1 unspecified atom stereocenters. The van der Waals surface area contributed by atoms with Crippen LogP contribution in [0.25, 0.3) is 11.4 Å². The van der Waals surface area contributed by atoms with Gasteiger partial charge in [-0.15, -0.1) is 0 Å². The van der Waals surface area contributed by atoms with Gasteiger partial charge in [0.05, 0.1) is 12.6 Å². The van der Waals surface area contributed by atoms with Crippen LogP contribution in [-0.4, -0.2) is 39.5 Å². The lowest BCUT2D eigenvalue weighted by Gasteiger charge is -2.10. The number of hydrogen-bond acceptors (Lipinski definition) is 4. The van der Waals surface area contributed by atoms with E-state index in [4.69, 9.17) is 33.7 Å². The standard InChI is InChI=1S/C20H27ClN4O2S/c1-2-3-11-24-19(15-6-8-16(21)9-7-15)23-25(20(24)28)12-10-18(26)22-14-17-5-4-13-27-17/h6-9,17H,2-5,10-14H2,1H3,(H,22,26). The number of ether oxygens (including phenoxy) is 1. The Morgan fingerprint density at radius 1 is 1.36 bits per heavy atom. The van der Waals surface area contributed by atoms with Gasteiger partial charge in [-0.05, 0) is 55.7 Å². The van der Waals surface area contributed by atoms with Gasteiger partial charge in [0.15, 0.2) is 10.6 Å². The Labute approximate surface area is 175 Å². The summed E-state index contributed by atoms with van der Waals surface area (Å²) in [6, 6.07) is 7.59. The van der Waals surface area contributed by atoms with Crippen LogP contribution >= 0.6 is 23.8 Å². The Bertz CT molecular complexity index is 841. The second-order valence-corrected chi connectivity index (χ2v) is 7.83. The highest BCUT2D eigenvalue weighted by Crippen LogP contribution is 2.21. The van der Waals surface area contributed by atoms with Crippen molar-refractivity contribution < 1.29 is 9.53 Å². The van der Waals surface area contributed by atoms with Crippen molar-refractivity contribution in [1.29, 1.82) is 0 Å². The number of carbonyl (C=O) groups is 1. The third-order valence-corrected chi connectivity index (χ3v) is 5.55. The third kappa shape index (κ3) is 5.43. The third-order valence-electron chi connectivity index (χ3n) is 4.86. The van der Waals surface area contributed by atoms with Gasteiger partial charge < -0.3 is 10.1 Å². The summed E-state index contributed by atoms with van der Waals surface area (Å²) in [6.45, 7) is 4.77. The number of hydrogen-bond donors (Lipinski definition) is 1. The average molecular weight is 423 g/mol. The highest BCUT2D eigenvalue weighted by Gasteiger charge is 2.17. The van der Waals surface area contributed by atoms with Gasteiger partial charge in [-0.25, -0.2) is 4.68 Å². The normalized spacial score (nSPS) is 16.4. The second-order valence-electron chi connectivity index (χ2n) is 7.03. The van der Waals surface area contributed by atoms with Gasteiger partial charge >= 0.3 is 0 Å². The van der Waals surface area contributed by atoms with Crippen molar-refractivity contribution in [2.45, 2.75) is 58.2 Å². The zero-order valence-corrected chi connectivity index (χ0v) is 17.8. The summed E-state index contributed by atoms with van der Waals surface area (Å²) in [4.78, 5) is 12.2. The summed E-state index contributed by atoms with van der Waals surface area (Å²) >= 11 is 11.7. The predicted molar refractivity (Wildman–Crippen MR) is 113 cm³/mol. The number of amides is 1. The van der Waals surface area contributed by atoms with Crippen LogP contribution in [0.1, 0.15) is 39.0 Å². The van der Waals surface area contributed by atoms with Gasteiger partial charge in [0.1, 0.15) is 0 Å². The predicted octanol–water partition coefficient (Wildman–Crippen LogP) is 4.22. The van der Waals surface area contributed by atoms with E-state index < -0.39 is 0 Å². The van der Waals surface area contributed by atoms with Gasteiger partial charge in [-0.2, -0.15) is 5.10 Å². The first kappa shape index (κ1) is 21.0. The molecule has 152 valence electrons. The lowest BCUT2D eigenvalue weighted by Crippen LogP contribution is -2.32. The Balaban J connectivity index is 1.68. The number of rotatable bonds is 9. The van der Waals surface area contributed by atoms with Crippen LogP contribution in [0.15, 0.2) is 24.3 Å². The largest absolute Gasteiger partial charge is 0.376 e. The molecule has 0 radical (unpaired) electrons. The zero-order valence-electron chi connectivity index (χ0n) is 16.2. The van der Waals surface area contributed by atoms with Crippen molar-refractivity contribution >= 4 is 29.7 Å². The van der Waals surface area contributed by atoms with Crippen LogP contribution in [-0.2, 0) is 22.6 Å². The molecular formula is C20H27ClN4O2S. The minimum Gasteiger partial charge on any atom is -0.376 e. The van der Waals surface area contributed by atoms with E-state index in [2.05, 4.69) is 12.2 Å². The number of nitrogens with zero attached hydrogens (tertiary/aromatic N) is 3.